The molecule has 0 saturated carbocycles. The molecule has 0 N–H and O–H groups in total. The first kappa shape index (κ1) is 11.1. The van der Waals surface area contributed by atoms with Crippen molar-refractivity contribution >= 4 is 27.2 Å². The summed E-state index contributed by atoms with van der Waals surface area (Å²) in [4.78, 5) is 2.20. The summed E-state index contributed by atoms with van der Waals surface area (Å²) in [6, 6.07) is 17.5. The SMILES string of the molecule is Cc1ccc2cc3ccccc3cc2c1N(C)C. The van der Waals surface area contributed by atoms with E-state index in [1.54, 1.807) is 0 Å². The summed E-state index contributed by atoms with van der Waals surface area (Å²) in [5.74, 6) is 0. The molecule has 90 valence electrons. The Labute approximate surface area is 108 Å². The van der Waals surface area contributed by atoms with Gasteiger partial charge in [-0.1, -0.05) is 36.4 Å². The first-order chi connectivity index (χ1) is 8.66. The Balaban J connectivity index is 2.46. The van der Waals surface area contributed by atoms with E-state index in [4.69, 9.17) is 0 Å². The number of rotatable bonds is 1. The number of nitrogens with zero attached hydrogens (tertiary/aromatic N) is 1. The van der Waals surface area contributed by atoms with Gasteiger partial charge in [0.05, 0.1) is 0 Å². The predicted molar refractivity (Wildman–Crippen MR) is 80.5 cm³/mol. The van der Waals surface area contributed by atoms with Gasteiger partial charge >= 0.3 is 0 Å². The smallest absolute Gasteiger partial charge is 0.0470 e. The zero-order valence-corrected chi connectivity index (χ0v) is 11.1. The van der Waals surface area contributed by atoms with Gasteiger partial charge in [-0.05, 0) is 40.8 Å². The van der Waals surface area contributed by atoms with Crippen LogP contribution < -0.4 is 4.90 Å². The number of aryl methyl sites for hydroxylation is 1. The fourth-order valence-corrected chi connectivity index (χ4v) is 2.70. The molecular formula is C17H17N. The van der Waals surface area contributed by atoms with Crippen molar-refractivity contribution in [3.63, 3.8) is 0 Å². The van der Waals surface area contributed by atoms with Crippen molar-refractivity contribution in [1.82, 2.24) is 0 Å². The van der Waals surface area contributed by atoms with Crippen molar-refractivity contribution in [1.29, 1.82) is 0 Å². The van der Waals surface area contributed by atoms with E-state index in [-0.39, 0.29) is 0 Å². The fourth-order valence-electron chi connectivity index (χ4n) is 2.70. The first-order valence-corrected chi connectivity index (χ1v) is 6.26. The largest absolute Gasteiger partial charge is 0.377 e. The summed E-state index contributed by atoms with van der Waals surface area (Å²) in [5, 5.41) is 5.25. The second kappa shape index (κ2) is 4.02. The van der Waals surface area contributed by atoms with Gasteiger partial charge in [-0.3, -0.25) is 0 Å². The molecule has 3 aromatic carbocycles. The van der Waals surface area contributed by atoms with E-state index in [1.165, 1.54) is 32.8 Å². The molecule has 3 aromatic rings. The van der Waals surface area contributed by atoms with Crippen molar-refractivity contribution in [2.75, 3.05) is 19.0 Å². The average molecular weight is 235 g/mol. The Bertz CT molecular complexity index is 726. The Morgan fingerprint density at radius 2 is 1.44 bits per heavy atom. The second-order valence-electron chi connectivity index (χ2n) is 5.05. The zero-order valence-electron chi connectivity index (χ0n) is 11.1. The average Bonchev–Trinajstić information content (AvgIpc) is 2.36. The first-order valence-electron chi connectivity index (χ1n) is 6.26. The minimum atomic E-state index is 1.30. The minimum absolute atomic E-state index is 1.30. The van der Waals surface area contributed by atoms with Crippen LogP contribution in [0.25, 0.3) is 21.5 Å². The van der Waals surface area contributed by atoms with Crippen molar-refractivity contribution < 1.29 is 0 Å². The van der Waals surface area contributed by atoms with Crippen LogP contribution in [-0.2, 0) is 0 Å². The Kier molecular flexibility index (Phi) is 2.48. The highest BCUT2D eigenvalue weighted by Gasteiger charge is 2.07. The maximum absolute atomic E-state index is 2.30. The number of anilines is 1. The quantitative estimate of drug-likeness (QED) is 0.566. The van der Waals surface area contributed by atoms with Crippen molar-refractivity contribution in [3.05, 3.63) is 54.1 Å². The van der Waals surface area contributed by atoms with Gasteiger partial charge in [0.1, 0.15) is 0 Å². The van der Waals surface area contributed by atoms with E-state index in [0.29, 0.717) is 0 Å². The van der Waals surface area contributed by atoms with Gasteiger partial charge in [0.2, 0.25) is 0 Å². The van der Waals surface area contributed by atoms with Gasteiger partial charge in [-0.25, -0.2) is 0 Å². The minimum Gasteiger partial charge on any atom is -0.377 e. The van der Waals surface area contributed by atoms with Crippen LogP contribution >= 0.6 is 0 Å². The molecule has 0 saturated heterocycles. The van der Waals surface area contributed by atoms with Crippen LogP contribution in [0.1, 0.15) is 5.56 Å². The van der Waals surface area contributed by atoms with E-state index in [1.807, 2.05) is 0 Å². The van der Waals surface area contributed by atoms with Crippen LogP contribution in [0.5, 0.6) is 0 Å². The molecule has 0 bridgehead atoms. The van der Waals surface area contributed by atoms with Gasteiger partial charge in [-0.2, -0.15) is 0 Å². The zero-order chi connectivity index (χ0) is 12.7. The molecule has 1 heteroatoms. The topological polar surface area (TPSA) is 3.24 Å². The molecule has 0 aromatic heterocycles. The van der Waals surface area contributed by atoms with Crippen LogP contribution in [0.15, 0.2) is 48.5 Å². The molecule has 0 fully saturated rings. The molecule has 0 aliphatic rings. The highest BCUT2D eigenvalue weighted by atomic mass is 15.1. The predicted octanol–water partition coefficient (Wildman–Crippen LogP) is 4.37. The third-order valence-electron chi connectivity index (χ3n) is 3.51. The van der Waals surface area contributed by atoms with Crippen molar-refractivity contribution in [2.45, 2.75) is 6.92 Å². The lowest BCUT2D eigenvalue weighted by molar-refractivity contribution is 1.13. The van der Waals surface area contributed by atoms with Gasteiger partial charge < -0.3 is 4.90 Å². The summed E-state index contributed by atoms with van der Waals surface area (Å²) in [6.07, 6.45) is 0. The molecule has 0 aliphatic carbocycles. The summed E-state index contributed by atoms with van der Waals surface area (Å²) in [7, 11) is 4.22. The summed E-state index contributed by atoms with van der Waals surface area (Å²) in [6.45, 7) is 2.17. The molecule has 0 atom stereocenters. The number of hydrogen-bond donors (Lipinski definition) is 0. The standard InChI is InChI=1S/C17H17N/c1-12-8-9-15-10-13-6-4-5-7-14(13)11-16(15)17(12)18(2)3/h4-11H,1-3H3. The molecule has 0 aliphatic heterocycles. The van der Waals surface area contributed by atoms with E-state index < -0.39 is 0 Å². The van der Waals surface area contributed by atoms with Crippen LogP contribution in [0.3, 0.4) is 0 Å². The van der Waals surface area contributed by atoms with E-state index in [9.17, 15) is 0 Å². The molecule has 0 heterocycles. The highest BCUT2D eigenvalue weighted by Crippen LogP contribution is 2.32. The van der Waals surface area contributed by atoms with Gasteiger partial charge in [0.25, 0.3) is 0 Å². The molecule has 18 heavy (non-hydrogen) atoms. The lowest BCUT2D eigenvalue weighted by Gasteiger charge is -2.19. The normalized spacial score (nSPS) is 11.1. The van der Waals surface area contributed by atoms with Crippen LogP contribution in [0.4, 0.5) is 5.69 Å². The lowest BCUT2D eigenvalue weighted by Crippen LogP contribution is -2.10. The Morgan fingerprint density at radius 1 is 0.778 bits per heavy atom. The molecule has 0 amide bonds. The third-order valence-corrected chi connectivity index (χ3v) is 3.51. The Hall–Kier alpha value is -2.02. The van der Waals surface area contributed by atoms with E-state index in [0.717, 1.165) is 0 Å². The Morgan fingerprint density at radius 3 is 2.11 bits per heavy atom. The summed E-state index contributed by atoms with van der Waals surface area (Å²) >= 11 is 0. The number of benzene rings is 3. The molecule has 0 radical (unpaired) electrons. The van der Waals surface area contributed by atoms with Gasteiger partial charge in [0, 0.05) is 25.2 Å². The number of fused-ring (bicyclic) bond motifs is 2. The maximum Gasteiger partial charge on any atom is 0.0470 e. The summed E-state index contributed by atoms with van der Waals surface area (Å²) in [5.41, 5.74) is 2.64. The molecule has 3 rings (SSSR count). The van der Waals surface area contributed by atoms with Crippen molar-refractivity contribution in [3.8, 4) is 0 Å². The maximum atomic E-state index is 2.30. The third kappa shape index (κ3) is 1.63. The second-order valence-corrected chi connectivity index (χ2v) is 5.05. The molecule has 0 spiro atoms. The van der Waals surface area contributed by atoms with Crippen LogP contribution in [0.2, 0.25) is 0 Å². The molecule has 0 unspecified atom stereocenters. The molecule has 1 nitrogen and oxygen atoms in total. The monoisotopic (exact) mass is 235 g/mol. The van der Waals surface area contributed by atoms with E-state index in [2.05, 4.69) is 74.4 Å². The lowest BCUT2D eigenvalue weighted by atomic mass is 9.99. The summed E-state index contributed by atoms with van der Waals surface area (Å²) < 4.78 is 0. The van der Waals surface area contributed by atoms with Gasteiger partial charge in [-0.15, -0.1) is 0 Å². The van der Waals surface area contributed by atoms with E-state index >= 15 is 0 Å². The van der Waals surface area contributed by atoms with Crippen LogP contribution in [0, 0.1) is 6.92 Å². The molecular weight excluding hydrogens is 218 g/mol. The van der Waals surface area contributed by atoms with Crippen molar-refractivity contribution in [2.24, 2.45) is 0 Å². The van der Waals surface area contributed by atoms with Gasteiger partial charge in [0.15, 0.2) is 0 Å². The highest BCUT2D eigenvalue weighted by molar-refractivity contribution is 6.04. The number of hydrogen-bond acceptors (Lipinski definition) is 1. The fraction of sp³-hybridized carbons (Fsp3) is 0.176. The van der Waals surface area contributed by atoms with Crippen LogP contribution in [-0.4, -0.2) is 14.1 Å².